The van der Waals surface area contributed by atoms with Crippen molar-refractivity contribution in [3.63, 3.8) is 0 Å². The van der Waals surface area contributed by atoms with Crippen LogP contribution in [-0.4, -0.2) is 18.4 Å². The Kier molecular flexibility index (Phi) is 5.03. The van der Waals surface area contributed by atoms with E-state index in [4.69, 9.17) is 4.74 Å². The number of fused-ring (bicyclic) bond motifs is 1. The molecule has 0 aromatic heterocycles. The summed E-state index contributed by atoms with van der Waals surface area (Å²) in [5, 5.41) is 5.69. The van der Waals surface area contributed by atoms with E-state index in [-0.39, 0.29) is 18.2 Å². The van der Waals surface area contributed by atoms with Crippen LogP contribution in [0.1, 0.15) is 25.0 Å². The minimum Gasteiger partial charge on any atom is -0.493 e. The molecule has 130 valence electrons. The fourth-order valence-corrected chi connectivity index (χ4v) is 2.69. The maximum absolute atomic E-state index is 12.3. The number of nitrogens with one attached hydrogen (secondary N) is 2. The number of amides is 2. The number of anilines is 2. The van der Waals surface area contributed by atoms with Crippen molar-refractivity contribution in [1.29, 1.82) is 0 Å². The molecule has 0 aliphatic carbocycles. The SMILES string of the molecule is CC(C)COc1cccc(NC(=O)Cc2ccc3c(c2)NC(=O)C3)c1. The Morgan fingerprint density at radius 2 is 2.08 bits per heavy atom. The average Bonchev–Trinajstić information content (AvgIpc) is 2.92. The minimum atomic E-state index is -0.106. The van der Waals surface area contributed by atoms with Crippen molar-refractivity contribution in [3.8, 4) is 5.75 Å². The summed E-state index contributed by atoms with van der Waals surface area (Å²) in [7, 11) is 0. The molecular weight excluding hydrogens is 316 g/mol. The molecular formula is C20H22N2O3. The standard InChI is InChI=1S/C20H22N2O3/c1-13(2)12-25-17-5-3-4-16(11-17)21-19(23)9-14-6-7-15-10-20(24)22-18(15)8-14/h3-8,11,13H,9-10,12H2,1-2H3,(H,21,23)(H,22,24). The highest BCUT2D eigenvalue weighted by Crippen LogP contribution is 2.24. The third-order valence-corrected chi connectivity index (χ3v) is 3.87. The second kappa shape index (κ2) is 7.38. The van der Waals surface area contributed by atoms with Crippen LogP contribution in [0.4, 0.5) is 11.4 Å². The summed E-state index contributed by atoms with van der Waals surface area (Å²) >= 11 is 0. The zero-order valence-electron chi connectivity index (χ0n) is 14.5. The van der Waals surface area contributed by atoms with Crippen molar-refractivity contribution in [2.24, 2.45) is 5.92 Å². The molecule has 5 heteroatoms. The molecule has 1 aliphatic heterocycles. The van der Waals surface area contributed by atoms with Gasteiger partial charge in [-0.3, -0.25) is 9.59 Å². The molecule has 0 radical (unpaired) electrons. The van der Waals surface area contributed by atoms with Gasteiger partial charge in [0.1, 0.15) is 5.75 Å². The van der Waals surface area contributed by atoms with E-state index in [2.05, 4.69) is 24.5 Å². The van der Waals surface area contributed by atoms with Crippen LogP contribution in [0.25, 0.3) is 0 Å². The van der Waals surface area contributed by atoms with Crippen molar-refractivity contribution < 1.29 is 14.3 Å². The summed E-state index contributed by atoms with van der Waals surface area (Å²) in [5.74, 6) is 1.07. The number of hydrogen-bond donors (Lipinski definition) is 2. The van der Waals surface area contributed by atoms with Crippen LogP contribution in [-0.2, 0) is 22.4 Å². The molecule has 2 aromatic carbocycles. The fourth-order valence-electron chi connectivity index (χ4n) is 2.69. The maximum atomic E-state index is 12.3. The number of carbonyl (C=O) groups excluding carboxylic acids is 2. The van der Waals surface area contributed by atoms with Gasteiger partial charge in [0.25, 0.3) is 0 Å². The molecule has 3 rings (SSSR count). The molecule has 0 atom stereocenters. The van der Waals surface area contributed by atoms with Crippen molar-refractivity contribution >= 4 is 23.2 Å². The zero-order chi connectivity index (χ0) is 17.8. The van der Waals surface area contributed by atoms with E-state index >= 15 is 0 Å². The van der Waals surface area contributed by atoms with Crippen molar-refractivity contribution in [1.82, 2.24) is 0 Å². The first kappa shape index (κ1) is 17.0. The largest absolute Gasteiger partial charge is 0.493 e. The van der Waals surface area contributed by atoms with E-state index < -0.39 is 0 Å². The van der Waals surface area contributed by atoms with Crippen molar-refractivity contribution in [3.05, 3.63) is 53.6 Å². The topological polar surface area (TPSA) is 67.4 Å². The molecule has 0 saturated heterocycles. The van der Waals surface area contributed by atoms with Gasteiger partial charge in [-0.15, -0.1) is 0 Å². The Labute approximate surface area is 147 Å². The lowest BCUT2D eigenvalue weighted by Gasteiger charge is -2.11. The molecule has 0 unspecified atom stereocenters. The van der Waals surface area contributed by atoms with Gasteiger partial charge in [-0.05, 0) is 35.2 Å². The van der Waals surface area contributed by atoms with Gasteiger partial charge < -0.3 is 15.4 Å². The van der Waals surface area contributed by atoms with Crippen LogP contribution in [0, 0.1) is 5.92 Å². The third kappa shape index (κ3) is 4.59. The first-order valence-corrected chi connectivity index (χ1v) is 8.44. The summed E-state index contributed by atoms with van der Waals surface area (Å²) in [5.41, 5.74) is 3.36. The fraction of sp³-hybridized carbons (Fsp3) is 0.300. The predicted octanol–water partition coefficient (Wildman–Crippen LogP) is 3.40. The zero-order valence-corrected chi connectivity index (χ0v) is 14.5. The van der Waals surface area contributed by atoms with Crippen LogP contribution in [0.3, 0.4) is 0 Å². The lowest BCUT2D eigenvalue weighted by Crippen LogP contribution is -2.14. The molecule has 0 saturated carbocycles. The number of hydrogen-bond acceptors (Lipinski definition) is 3. The quantitative estimate of drug-likeness (QED) is 0.848. The molecule has 0 bridgehead atoms. The molecule has 25 heavy (non-hydrogen) atoms. The number of benzene rings is 2. The Bertz CT molecular complexity index is 799. The van der Waals surface area contributed by atoms with Gasteiger partial charge in [-0.25, -0.2) is 0 Å². The molecule has 1 heterocycles. The van der Waals surface area contributed by atoms with Gasteiger partial charge in [-0.2, -0.15) is 0 Å². The third-order valence-electron chi connectivity index (χ3n) is 3.87. The van der Waals surface area contributed by atoms with Gasteiger partial charge in [0, 0.05) is 17.4 Å². The van der Waals surface area contributed by atoms with E-state index in [1.54, 1.807) is 0 Å². The summed E-state index contributed by atoms with van der Waals surface area (Å²) < 4.78 is 5.68. The summed E-state index contributed by atoms with van der Waals surface area (Å²) in [6, 6.07) is 13.0. The van der Waals surface area contributed by atoms with E-state index in [0.717, 1.165) is 22.6 Å². The van der Waals surface area contributed by atoms with Crippen LogP contribution >= 0.6 is 0 Å². The molecule has 1 aliphatic rings. The molecule has 0 spiro atoms. The molecule has 2 amide bonds. The number of rotatable bonds is 6. The predicted molar refractivity (Wildman–Crippen MR) is 97.9 cm³/mol. The van der Waals surface area contributed by atoms with E-state index in [1.165, 1.54) is 0 Å². The molecule has 0 fully saturated rings. The lowest BCUT2D eigenvalue weighted by molar-refractivity contribution is -0.116. The van der Waals surface area contributed by atoms with Crippen molar-refractivity contribution in [2.75, 3.05) is 17.2 Å². The highest BCUT2D eigenvalue weighted by atomic mass is 16.5. The Morgan fingerprint density at radius 3 is 2.88 bits per heavy atom. The van der Waals surface area contributed by atoms with E-state index in [0.29, 0.717) is 24.6 Å². The average molecular weight is 338 g/mol. The highest BCUT2D eigenvalue weighted by molar-refractivity contribution is 5.99. The first-order chi connectivity index (χ1) is 12.0. The first-order valence-electron chi connectivity index (χ1n) is 8.44. The summed E-state index contributed by atoms with van der Waals surface area (Å²) in [4.78, 5) is 23.7. The number of ether oxygens (including phenoxy) is 1. The highest BCUT2D eigenvalue weighted by Gasteiger charge is 2.18. The smallest absolute Gasteiger partial charge is 0.228 e. The van der Waals surface area contributed by atoms with E-state index in [1.807, 2.05) is 42.5 Å². The van der Waals surface area contributed by atoms with E-state index in [9.17, 15) is 9.59 Å². The van der Waals surface area contributed by atoms with Crippen molar-refractivity contribution in [2.45, 2.75) is 26.7 Å². The summed E-state index contributed by atoms with van der Waals surface area (Å²) in [6.45, 7) is 4.81. The monoisotopic (exact) mass is 338 g/mol. The van der Waals surface area contributed by atoms with Gasteiger partial charge in [0.2, 0.25) is 11.8 Å². The molecule has 5 nitrogen and oxygen atoms in total. The minimum absolute atomic E-state index is 0.00480. The van der Waals surface area contributed by atoms with Gasteiger partial charge >= 0.3 is 0 Å². The molecule has 2 N–H and O–H groups in total. The van der Waals surface area contributed by atoms with Crippen LogP contribution in [0.15, 0.2) is 42.5 Å². The lowest BCUT2D eigenvalue weighted by atomic mass is 10.1. The Balaban J connectivity index is 1.60. The Morgan fingerprint density at radius 1 is 1.24 bits per heavy atom. The van der Waals surface area contributed by atoms with Gasteiger partial charge in [-0.1, -0.05) is 32.0 Å². The van der Waals surface area contributed by atoms with Crippen LogP contribution in [0.5, 0.6) is 5.75 Å². The maximum Gasteiger partial charge on any atom is 0.228 e. The molecule has 2 aromatic rings. The normalized spacial score (nSPS) is 12.7. The Hall–Kier alpha value is -2.82. The van der Waals surface area contributed by atoms with Gasteiger partial charge in [0.15, 0.2) is 0 Å². The summed E-state index contributed by atoms with van der Waals surface area (Å²) in [6.07, 6.45) is 0.658. The van der Waals surface area contributed by atoms with Gasteiger partial charge in [0.05, 0.1) is 19.4 Å². The van der Waals surface area contributed by atoms with Crippen LogP contribution in [0.2, 0.25) is 0 Å². The second-order valence-corrected chi connectivity index (χ2v) is 6.67. The second-order valence-electron chi connectivity index (χ2n) is 6.67. The van der Waals surface area contributed by atoms with Crippen LogP contribution < -0.4 is 15.4 Å². The number of carbonyl (C=O) groups is 2.